The fourth-order valence-corrected chi connectivity index (χ4v) is 2.35. The van der Waals surface area contributed by atoms with Crippen LogP contribution < -0.4 is 10.6 Å². The molecule has 0 saturated carbocycles. The molecule has 1 unspecified atom stereocenters. The smallest absolute Gasteiger partial charge is 0.252 e. The predicted molar refractivity (Wildman–Crippen MR) is 95.1 cm³/mol. The Hall–Kier alpha value is -2.40. The lowest BCUT2D eigenvalue weighted by molar-refractivity contribution is -0.118. The summed E-state index contributed by atoms with van der Waals surface area (Å²) in [5, 5.41) is 5.99. The zero-order chi connectivity index (χ0) is 17.7. The first kappa shape index (κ1) is 17.9. The van der Waals surface area contributed by atoms with Gasteiger partial charge in [0, 0.05) is 11.8 Å². The summed E-state index contributed by atoms with van der Waals surface area (Å²) in [6.07, 6.45) is 1.45. The molecule has 0 fully saturated rings. The van der Waals surface area contributed by atoms with E-state index in [1.807, 2.05) is 32.9 Å². The Kier molecular flexibility index (Phi) is 5.93. The van der Waals surface area contributed by atoms with Gasteiger partial charge in [0.05, 0.1) is 5.02 Å². The van der Waals surface area contributed by atoms with Crippen LogP contribution in [0.15, 0.2) is 42.6 Å². The number of nitrogens with one attached hydrogen (secondary N) is 2. The van der Waals surface area contributed by atoms with Crippen LogP contribution >= 0.6 is 11.6 Å². The van der Waals surface area contributed by atoms with E-state index in [1.165, 1.54) is 6.20 Å². The molecule has 0 bridgehead atoms. The number of benzene rings is 1. The molecule has 24 heavy (non-hydrogen) atoms. The van der Waals surface area contributed by atoms with Gasteiger partial charge in [0.1, 0.15) is 11.9 Å². The zero-order valence-corrected chi connectivity index (χ0v) is 14.6. The molecule has 0 radical (unpaired) electrons. The highest BCUT2D eigenvalue weighted by Crippen LogP contribution is 2.13. The van der Waals surface area contributed by atoms with Gasteiger partial charge in [0.2, 0.25) is 5.91 Å². The van der Waals surface area contributed by atoms with Crippen LogP contribution in [0.3, 0.4) is 0 Å². The average molecular weight is 346 g/mol. The molecule has 2 rings (SSSR count). The minimum Gasteiger partial charge on any atom is -0.340 e. The van der Waals surface area contributed by atoms with Gasteiger partial charge >= 0.3 is 0 Å². The summed E-state index contributed by atoms with van der Waals surface area (Å²) in [5.74, 6) is -0.279. The molecule has 1 aromatic heterocycles. The molecule has 0 spiro atoms. The third-order valence-electron chi connectivity index (χ3n) is 3.60. The van der Waals surface area contributed by atoms with Gasteiger partial charge in [0.15, 0.2) is 0 Å². The number of halogens is 1. The number of anilines is 1. The molecule has 0 aliphatic carbocycles. The second kappa shape index (κ2) is 7.93. The molecule has 6 heteroatoms. The number of aromatic nitrogens is 1. The Morgan fingerprint density at radius 3 is 2.42 bits per heavy atom. The van der Waals surface area contributed by atoms with Gasteiger partial charge in [-0.15, -0.1) is 0 Å². The van der Waals surface area contributed by atoms with Crippen molar-refractivity contribution in [3.63, 3.8) is 0 Å². The topological polar surface area (TPSA) is 71.1 Å². The summed E-state index contributed by atoms with van der Waals surface area (Å²) in [6.45, 7) is 5.60. The Morgan fingerprint density at radius 1 is 1.12 bits per heavy atom. The monoisotopic (exact) mass is 345 g/mol. The number of nitrogens with zero attached hydrogens (tertiary/aromatic N) is 1. The lowest BCUT2D eigenvalue weighted by Gasteiger charge is -2.22. The molecule has 2 aromatic rings. The van der Waals surface area contributed by atoms with Gasteiger partial charge in [-0.25, -0.2) is 4.98 Å². The predicted octanol–water partition coefficient (Wildman–Crippen LogP) is 3.44. The normalized spacial score (nSPS) is 11.9. The van der Waals surface area contributed by atoms with Gasteiger partial charge < -0.3 is 10.6 Å². The zero-order valence-electron chi connectivity index (χ0n) is 13.8. The second-order valence-corrected chi connectivity index (χ2v) is 6.30. The first-order chi connectivity index (χ1) is 11.4. The van der Waals surface area contributed by atoms with E-state index in [4.69, 9.17) is 11.6 Å². The van der Waals surface area contributed by atoms with Gasteiger partial charge in [-0.1, -0.05) is 43.6 Å². The number of amides is 2. The van der Waals surface area contributed by atoms with Crippen LogP contribution in [0.4, 0.5) is 5.82 Å². The quantitative estimate of drug-likeness (QED) is 0.872. The number of pyridine rings is 1. The van der Waals surface area contributed by atoms with E-state index in [-0.39, 0.29) is 17.7 Å². The molecule has 126 valence electrons. The summed E-state index contributed by atoms with van der Waals surface area (Å²) in [7, 11) is 0. The summed E-state index contributed by atoms with van der Waals surface area (Å²) in [4.78, 5) is 29.0. The maximum Gasteiger partial charge on any atom is 0.252 e. The van der Waals surface area contributed by atoms with Crippen molar-refractivity contribution in [2.45, 2.75) is 26.8 Å². The van der Waals surface area contributed by atoms with E-state index in [0.29, 0.717) is 16.4 Å². The highest BCUT2D eigenvalue weighted by Gasteiger charge is 2.25. The van der Waals surface area contributed by atoms with Crippen molar-refractivity contribution in [1.82, 2.24) is 10.3 Å². The molecular formula is C18H20ClN3O2. The third-order valence-corrected chi connectivity index (χ3v) is 3.83. The van der Waals surface area contributed by atoms with Crippen molar-refractivity contribution in [3.05, 3.63) is 58.7 Å². The number of aryl methyl sites for hydroxylation is 1. The number of carbonyl (C=O) groups excluding carboxylic acids is 2. The molecule has 1 atom stereocenters. The average Bonchev–Trinajstić information content (AvgIpc) is 2.54. The van der Waals surface area contributed by atoms with Crippen LogP contribution in [-0.2, 0) is 4.79 Å². The SMILES string of the molecule is Cc1ccccc1C(=O)NC(C(=O)Nc1ccc(Cl)cn1)C(C)C. The van der Waals surface area contributed by atoms with Crippen molar-refractivity contribution < 1.29 is 9.59 Å². The standard InChI is InChI=1S/C18H20ClN3O2/c1-11(2)16(18(24)21-15-9-8-13(19)10-20-15)22-17(23)14-7-5-4-6-12(14)3/h4-11,16H,1-3H3,(H,22,23)(H,20,21,24). The first-order valence-electron chi connectivity index (χ1n) is 7.67. The lowest BCUT2D eigenvalue weighted by atomic mass is 10.0. The molecule has 1 heterocycles. The van der Waals surface area contributed by atoms with Gasteiger partial charge in [-0.05, 0) is 36.6 Å². The summed E-state index contributed by atoms with van der Waals surface area (Å²) in [6, 6.07) is 9.84. The fraction of sp³-hybridized carbons (Fsp3) is 0.278. The van der Waals surface area contributed by atoms with E-state index < -0.39 is 6.04 Å². The van der Waals surface area contributed by atoms with Crippen LogP contribution in [0.5, 0.6) is 0 Å². The van der Waals surface area contributed by atoms with E-state index in [1.54, 1.807) is 24.3 Å². The minimum atomic E-state index is -0.672. The van der Waals surface area contributed by atoms with Crippen molar-refractivity contribution in [3.8, 4) is 0 Å². The molecule has 2 N–H and O–H groups in total. The van der Waals surface area contributed by atoms with Crippen molar-refractivity contribution in [2.75, 3.05) is 5.32 Å². The van der Waals surface area contributed by atoms with Crippen molar-refractivity contribution in [1.29, 1.82) is 0 Å². The third kappa shape index (κ3) is 4.55. The molecule has 5 nitrogen and oxygen atoms in total. The largest absolute Gasteiger partial charge is 0.340 e. The molecule has 1 aromatic carbocycles. The summed E-state index contributed by atoms with van der Waals surface area (Å²) in [5.41, 5.74) is 1.41. The Bertz CT molecular complexity index is 729. The Balaban J connectivity index is 2.11. The highest BCUT2D eigenvalue weighted by atomic mass is 35.5. The summed E-state index contributed by atoms with van der Waals surface area (Å²) >= 11 is 5.78. The molecule has 0 aliphatic heterocycles. The number of carbonyl (C=O) groups is 2. The van der Waals surface area contributed by atoms with Gasteiger partial charge in [-0.2, -0.15) is 0 Å². The van der Waals surface area contributed by atoms with E-state index in [2.05, 4.69) is 15.6 Å². The van der Waals surface area contributed by atoms with Crippen LogP contribution in [0.2, 0.25) is 5.02 Å². The van der Waals surface area contributed by atoms with Crippen molar-refractivity contribution >= 4 is 29.2 Å². The Labute approximate surface area is 146 Å². The minimum absolute atomic E-state index is 0.0785. The number of hydrogen-bond donors (Lipinski definition) is 2. The maximum atomic E-state index is 12.5. The molecular weight excluding hydrogens is 326 g/mol. The van der Waals surface area contributed by atoms with E-state index in [9.17, 15) is 9.59 Å². The molecule has 2 amide bonds. The van der Waals surface area contributed by atoms with Gasteiger partial charge in [0.25, 0.3) is 5.91 Å². The highest BCUT2D eigenvalue weighted by molar-refractivity contribution is 6.30. The molecule has 0 saturated heterocycles. The van der Waals surface area contributed by atoms with Gasteiger partial charge in [-0.3, -0.25) is 9.59 Å². The van der Waals surface area contributed by atoms with Crippen LogP contribution in [0.1, 0.15) is 29.8 Å². The molecule has 0 aliphatic rings. The number of hydrogen-bond acceptors (Lipinski definition) is 3. The summed E-state index contributed by atoms with van der Waals surface area (Å²) < 4.78 is 0. The van der Waals surface area contributed by atoms with Crippen LogP contribution in [0, 0.1) is 12.8 Å². The first-order valence-corrected chi connectivity index (χ1v) is 8.05. The van der Waals surface area contributed by atoms with Crippen LogP contribution in [-0.4, -0.2) is 22.8 Å². The number of rotatable bonds is 5. The second-order valence-electron chi connectivity index (χ2n) is 5.86. The van der Waals surface area contributed by atoms with E-state index in [0.717, 1.165) is 5.56 Å². The van der Waals surface area contributed by atoms with Crippen molar-refractivity contribution in [2.24, 2.45) is 5.92 Å². The fourth-order valence-electron chi connectivity index (χ4n) is 2.24. The Morgan fingerprint density at radius 2 is 1.83 bits per heavy atom. The van der Waals surface area contributed by atoms with Crippen LogP contribution in [0.25, 0.3) is 0 Å². The maximum absolute atomic E-state index is 12.5. The lowest BCUT2D eigenvalue weighted by Crippen LogP contribution is -2.47. The van der Waals surface area contributed by atoms with E-state index >= 15 is 0 Å².